The summed E-state index contributed by atoms with van der Waals surface area (Å²) in [6.45, 7) is 1.62. The molecule has 2 aromatic carbocycles. The summed E-state index contributed by atoms with van der Waals surface area (Å²) in [7, 11) is 1.64. The van der Waals surface area contributed by atoms with Gasteiger partial charge in [-0.2, -0.15) is 0 Å². The SMILES string of the molecule is C[C@@H](C(=O)Nc1ccc(F)cc1)N(C)CC(=O)Nc1c(Cl)cccc1Cl. The van der Waals surface area contributed by atoms with Crippen molar-refractivity contribution in [3.63, 3.8) is 0 Å². The molecule has 1 atom stereocenters. The highest BCUT2D eigenvalue weighted by atomic mass is 35.5. The number of carbonyl (C=O) groups excluding carboxylic acids is 2. The Morgan fingerprint density at radius 2 is 1.65 bits per heavy atom. The standard InChI is InChI=1S/C18H18Cl2FN3O2/c1-11(18(26)22-13-8-6-12(21)7-9-13)24(2)10-16(25)23-17-14(19)4-3-5-15(17)20/h3-9,11H,10H2,1-2H3,(H,22,26)(H,23,25)/t11-/m0/s1. The summed E-state index contributed by atoms with van der Waals surface area (Å²) >= 11 is 12.0. The molecule has 0 aromatic heterocycles. The monoisotopic (exact) mass is 397 g/mol. The van der Waals surface area contributed by atoms with Crippen LogP contribution in [0.5, 0.6) is 0 Å². The first-order chi connectivity index (χ1) is 12.3. The number of likely N-dealkylation sites (N-methyl/N-ethyl adjacent to an activating group) is 1. The Morgan fingerprint density at radius 1 is 1.08 bits per heavy atom. The lowest BCUT2D eigenvalue weighted by molar-refractivity contribution is -0.122. The van der Waals surface area contributed by atoms with E-state index in [1.54, 1.807) is 37.1 Å². The van der Waals surface area contributed by atoms with Crippen LogP contribution in [0.15, 0.2) is 42.5 Å². The van der Waals surface area contributed by atoms with Crippen molar-refractivity contribution in [2.24, 2.45) is 0 Å². The van der Waals surface area contributed by atoms with Gasteiger partial charge >= 0.3 is 0 Å². The summed E-state index contributed by atoms with van der Waals surface area (Å²) in [6, 6.07) is 9.76. The molecule has 2 amide bonds. The fourth-order valence-electron chi connectivity index (χ4n) is 2.14. The van der Waals surface area contributed by atoms with Gasteiger partial charge in [0.25, 0.3) is 0 Å². The number of benzene rings is 2. The highest BCUT2D eigenvalue weighted by Crippen LogP contribution is 2.29. The van der Waals surface area contributed by atoms with Crippen LogP contribution in [0.3, 0.4) is 0 Å². The van der Waals surface area contributed by atoms with Crippen LogP contribution in [0.1, 0.15) is 6.92 Å². The average molecular weight is 398 g/mol. The quantitative estimate of drug-likeness (QED) is 0.773. The van der Waals surface area contributed by atoms with E-state index in [9.17, 15) is 14.0 Å². The van der Waals surface area contributed by atoms with E-state index < -0.39 is 6.04 Å². The van der Waals surface area contributed by atoms with Gasteiger partial charge in [-0.15, -0.1) is 0 Å². The molecule has 0 fully saturated rings. The van der Waals surface area contributed by atoms with Gasteiger partial charge in [-0.3, -0.25) is 14.5 Å². The third-order valence-corrected chi connectivity index (χ3v) is 4.40. The van der Waals surface area contributed by atoms with Crippen molar-refractivity contribution >= 4 is 46.4 Å². The van der Waals surface area contributed by atoms with E-state index in [-0.39, 0.29) is 24.2 Å². The predicted octanol–water partition coefficient (Wildman–Crippen LogP) is 4.03. The van der Waals surface area contributed by atoms with Gasteiger partial charge in [0.2, 0.25) is 11.8 Å². The minimum absolute atomic E-state index is 0.0421. The maximum absolute atomic E-state index is 12.9. The van der Waals surface area contributed by atoms with Crippen molar-refractivity contribution in [2.45, 2.75) is 13.0 Å². The number of hydrogen-bond donors (Lipinski definition) is 2. The van der Waals surface area contributed by atoms with Crippen molar-refractivity contribution < 1.29 is 14.0 Å². The number of amides is 2. The first kappa shape index (κ1) is 20.2. The van der Waals surface area contributed by atoms with Crippen LogP contribution in [-0.2, 0) is 9.59 Å². The Kier molecular flexibility index (Phi) is 6.97. The Bertz CT molecular complexity index is 779. The van der Waals surface area contributed by atoms with Crippen molar-refractivity contribution in [3.8, 4) is 0 Å². The molecule has 0 unspecified atom stereocenters. The van der Waals surface area contributed by atoms with E-state index in [1.165, 1.54) is 24.3 Å². The zero-order valence-corrected chi connectivity index (χ0v) is 15.7. The number of anilines is 2. The third kappa shape index (κ3) is 5.42. The lowest BCUT2D eigenvalue weighted by Gasteiger charge is -2.23. The van der Waals surface area contributed by atoms with Crippen molar-refractivity contribution in [3.05, 3.63) is 58.3 Å². The molecule has 138 valence electrons. The molecule has 0 bridgehead atoms. The summed E-state index contributed by atoms with van der Waals surface area (Å²) in [5, 5.41) is 5.97. The molecule has 0 aliphatic rings. The van der Waals surface area contributed by atoms with Crippen LogP contribution >= 0.6 is 23.2 Å². The molecular weight excluding hydrogens is 380 g/mol. The van der Waals surface area contributed by atoms with Crippen molar-refractivity contribution in [2.75, 3.05) is 24.2 Å². The van der Waals surface area contributed by atoms with Gasteiger partial charge < -0.3 is 10.6 Å². The van der Waals surface area contributed by atoms with Crippen LogP contribution in [-0.4, -0.2) is 36.3 Å². The zero-order valence-electron chi connectivity index (χ0n) is 14.2. The fraction of sp³-hybridized carbons (Fsp3) is 0.222. The first-order valence-corrected chi connectivity index (χ1v) is 8.54. The largest absolute Gasteiger partial charge is 0.325 e. The smallest absolute Gasteiger partial charge is 0.241 e. The maximum Gasteiger partial charge on any atom is 0.241 e. The van der Waals surface area contributed by atoms with Crippen LogP contribution in [0, 0.1) is 5.82 Å². The topological polar surface area (TPSA) is 61.4 Å². The van der Waals surface area contributed by atoms with E-state index in [1.807, 2.05) is 0 Å². The second kappa shape index (κ2) is 8.98. The number of halogens is 3. The molecule has 26 heavy (non-hydrogen) atoms. The predicted molar refractivity (Wildman–Crippen MR) is 102 cm³/mol. The normalized spacial score (nSPS) is 11.9. The van der Waals surface area contributed by atoms with Crippen LogP contribution in [0.4, 0.5) is 15.8 Å². The number of nitrogens with one attached hydrogen (secondary N) is 2. The van der Waals surface area contributed by atoms with Gasteiger partial charge in [0.05, 0.1) is 28.3 Å². The molecule has 0 spiro atoms. The molecular formula is C18H18Cl2FN3O2. The molecule has 8 heteroatoms. The van der Waals surface area contributed by atoms with Gasteiger partial charge in [0.1, 0.15) is 5.82 Å². The lowest BCUT2D eigenvalue weighted by Crippen LogP contribution is -2.43. The second-order valence-corrected chi connectivity index (χ2v) is 6.55. The minimum atomic E-state index is -0.590. The summed E-state index contributed by atoms with van der Waals surface area (Å²) < 4.78 is 12.9. The van der Waals surface area contributed by atoms with Crippen LogP contribution < -0.4 is 10.6 Å². The van der Waals surface area contributed by atoms with E-state index >= 15 is 0 Å². The van der Waals surface area contributed by atoms with Gasteiger partial charge in [0, 0.05) is 5.69 Å². The lowest BCUT2D eigenvalue weighted by atomic mass is 10.2. The van der Waals surface area contributed by atoms with Crippen molar-refractivity contribution in [1.29, 1.82) is 0 Å². The molecule has 0 saturated heterocycles. The Morgan fingerprint density at radius 3 is 2.23 bits per heavy atom. The molecule has 0 radical (unpaired) electrons. The maximum atomic E-state index is 12.9. The van der Waals surface area contributed by atoms with Gasteiger partial charge in [-0.05, 0) is 50.4 Å². The highest BCUT2D eigenvalue weighted by molar-refractivity contribution is 6.39. The summed E-state index contributed by atoms with van der Waals surface area (Å²) in [6.07, 6.45) is 0. The highest BCUT2D eigenvalue weighted by Gasteiger charge is 2.21. The zero-order chi connectivity index (χ0) is 19.3. The second-order valence-electron chi connectivity index (χ2n) is 5.73. The molecule has 2 aromatic rings. The van der Waals surface area contributed by atoms with Gasteiger partial charge in [-0.1, -0.05) is 29.3 Å². The van der Waals surface area contributed by atoms with E-state index in [0.717, 1.165) is 0 Å². The molecule has 5 nitrogen and oxygen atoms in total. The van der Waals surface area contributed by atoms with Gasteiger partial charge in [0.15, 0.2) is 0 Å². The molecule has 0 heterocycles. The molecule has 0 aliphatic carbocycles. The third-order valence-electron chi connectivity index (χ3n) is 3.77. The van der Waals surface area contributed by atoms with Gasteiger partial charge in [-0.25, -0.2) is 4.39 Å². The number of para-hydroxylation sites is 1. The molecule has 2 N–H and O–H groups in total. The summed E-state index contributed by atoms with van der Waals surface area (Å²) in [4.78, 5) is 26.0. The average Bonchev–Trinajstić information content (AvgIpc) is 2.59. The Labute approximate surface area is 161 Å². The molecule has 0 aliphatic heterocycles. The summed E-state index contributed by atoms with van der Waals surface area (Å²) in [5.41, 5.74) is 0.807. The number of hydrogen-bond acceptors (Lipinski definition) is 3. The number of carbonyl (C=O) groups is 2. The minimum Gasteiger partial charge on any atom is -0.325 e. The first-order valence-electron chi connectivity index (χ1n) is 7.78. The number of rotatable bonds is 6. The van der Waals surface area contributed by atoms with Crippen LogP contribution in [0.25, 0.3) is 0 Å². The fourth-order valence-corrected chi connectivity index (χ4v) is 2.63. The Hall–Kier alpha value is -2.15. The summed E-state index contributed by atoms with van der Waals surface area (Å²) in [5.74, 6) is -1.06. The molecule has 0 saturated carbocycles. The van der Waals surface area contributed by atoms with Crippen LogP contribution in [0.2, 0.25) is 10.0 Å². The van der Waals surface area contributed by atoms with E-state index in [4.69, 9.17) is 23.2 Å². The van der Waals surface area contributed by atoms with Crippen molar-refractivity contribution in [1.82, 2.24) is 4.90 Å². The Balaban J connectivity index is 1.93. The van der Waals surface area contributed by atoms with E-state index in [2.05, 4.69) is 10.6 Å². The van der Waals surface area contributed by atoms with E-state index in [0.29, 0.717) is 21.4 Å². The number of nitrogens with zero attached hydrogens (tertiary/aromatic N) is 1. The molecule has 2 rings (SSSR count).